The molecule has 2 nitrogen and oxygen atoms in total. The first kappa shape index (κ1) is 5.69. The van der Waals surface area contributed by atoms with Crippen molar-refractivity contribution in [2.75, 3.05) is 13.1 Å². The summed E-state index contributed by atoms with van der Waals surface area (Å²) in [6, 6.07) is 0.751. The van der Waals surface area contributed by atoms with Gasteiger partial charge in [-0.1, -0.05) is 6.92 Å². The van der Waals surface area contributed by atoms with Gasteiger partial charge >= 0.3 is 0 Å². The zero-order valence-electron chi connectivity index (χ0n) is 5.78. The monoisotopic (exact) mass is 125 g/mol. The van der Waals surface area contributed by atoms with Crippen molar-refractivity contribution >= 4 is 0 Å². The molecular weight excluding hydrogens is 112 g/mol. The Morgan fingerprint density at radius 2 is 2.56 bits per heavy atom. The van der Waals surface area contributed by atoms with E-state index in [-0.39, 0.29) is 0 Å². The van der Waals surface area contributed by atoms with Gasteiger partial charge in [0.25, 0.3) is 0 Å². The first-order valence-electron chi connectivity index (χ1n) is 3.64. The molecule has 51 valence electrons. The predicted molar refractivity (Wildman–Crippen MR) is 37.1 cm³/mol. The largest absolute Gasteiger partial charge is 0.311 e. The third-order valence-electron chi connectivity index (χ3n) is 2.57. The average Bonchev–Trinajstić information content (AvgIpc) is 2.46. The lowest BCUT2D eigenvalue weighted by molar-refractivity contribution is 0.429. The van der Waals surface area contributed by atoms with Gasteiger partial charge in [0.2, 0.25) is 0 Å². The lowest BCUT2D eigenvalue weighted by Crippen LogP contribution is -2.49. The van der Waals surface area contributed by atoms with Gasteiger partial charge in [0.15, 0.2) is 0 Å². The van der Waals surface area contributed by atoms with Crippen LogP contribution in [0.4, 0.5) is 0 Å². The number of fused-ring (bicyclic) bond motifs is 2. The smallest absolute Gasteiger partial charge is 0.0351 e. The lowest BCUT2D eigenvalue weighted by atomic mass is 9.97. The minimum Gasteiger partial charge on any atom is -0.311 e. The molecule has 2 rings (SSSR count). The van der Waals surface area contributed by atoms with Crippen LogP contribution in [-0.4, -0.2) is 24.7 Å². The van der Waals surface area contributed by atoms with Gasteiger partial charge in [-0.05, 0) is 12.8 Å². The summed E-state index contributed by atoms with van der Waals surface area (Å²) in [5, 5.41) is 6.96. The molecular formula is C7H13N2. The summed E-state index contributed by atoms with van der Waals surface area (Å²) in [7, 11) is 0. The third kappa shape index (κ3) is 0.700. The molecule has 2 atom stereocenters. The van der Waals surface area contributed by atoms with Crippen molar-refractivity contribution in [1.82, 2.24) is 10.6 Å². The van der Waals surface area contributed by atoms with Crippen LogP contribution in [0.1, 0.15) is 13.3 Å². The molecule has 1 radical (unpaired) electrons. The molecule has 2 aliphatic heterocycles. The number of hydrogen-bond acceptors (Lipinski definition) is 2. The summed E-state index contributed by atoms with van der Waals surface area (Å²) >= 11 is 0. The number of piperazine rings is 1. The Morgan fingerprint density at radius 1 is 1.67 bits per heavy atom. The van der Waals surface area contributed by atoms with E-state index in [0.717, 1.165) is 19.1 Å². The van der Waals surface area contributed by atoms with E-state index in [1.807, 2.05) is 0 Å². The molecule has 0 aromatic heterocycles. The molecule has 0 aliphatic carbocycles. The summed E-state index contributed by atoms with van der Waals surface area (Å²) in [5.74, 6) is 0. The molecule has 2 N–H and O–H groups in total. The fourth-order valence-corrected chi connectivity index (χ4v) is 1.84. The van der Waals surface area contributed by atoms with E-state index in [2.05, 4.69) is 24.0 Å². The molecule has 2 heterocycles. The van der Waals surface area contributed by atoms with Crippen LogP contribution in [0.2, 0.25) is 0 Å². The Bertz CT molecular complexity index is 114. The molecule has 9 heavy (non-hydrogen) atoms. The van der Waals surface area contributed by atoms with Crippen LogP contribution >= 0.6 is 0 Å². The van der Waals surface area contributed by atoms with Gasteiger partial charge in [0, 0.05) is 24.7 Å². The van der Waals surface area contributed by atoms with Crippen LogP contribution in [0.5, 0.6) is 0 Å². The van der Waals surface area contributed by atoms with Crippen molar-refractivity contribution in [2.45, 2.75) is 24.9 Å². The number of rotatable bonds is 1. The Labute approximate surface area is 56.0 Å². The first-order valence-corrected chi connectivity index (χ1v) is 3.64. The standard InChI is InChI=1S/C7H13N2/c1-2-7-3-6(4-9-7)8-5-7/h2,6,8-9H,3-5H2,1H3. The van der Waals surface area contributed by atoms with Gasteiger partial charge in [0.1, 0.15) is 0 Å². The van der Waals surface area contributed by atoms with Crippen molar-refractivity contribution in [3.63, 3.8) is 0 Å². The van der Waals surface area contributed by atoms with Gasteiger partial charge in [-0.3, -0.25) is 0 Å². The molecule has 2 saturated heterocycles. The van der Waals surface area contributed by atoms with E-state index in [1.165, 1.54) is 6.42 Å². The highest BCUT2D eigenvalue weighted by Gasteiger charge is 2.42. The normalized spacial score (nSPS) is 48.3. The molecule has 2 unspecified atom stereocenters. The van der Waals surface area contributed by atoms with Crippen LogP contribution in [0.15, 0.2) is 0 Å². The van der Waals surface area contributed by atoms with E-state index < -0.39 is 0 Å². The maximum absolute atomic E-state index is 3.50. The Kier molecular flexibility index (Phi) is 1.08. The highest BCUT2D eigenvalue weighted by atomic mass is 15.2. The fourth-order valence-electron chi connectivity index (χ4n) is 1.84. The van der Waals surface area contributed by atoms with Gasteiger partial charge in [-0.25, -0.2) is 0 Å². The second-order valence-corrected chi connectivity index (χ2v) is 3.11. The van der Waals surface area contributed by atoms with Crippen LogP contribution < -0.4 is 10.6 Å². The summed E-state index contributed by atoms with van der Waals surface area (Å²) in [6.07, 6.45) is 3.58. The van der Waals surface area contributed by atoms with Crippen molar-refractivity contribution in [3.8, 4) is 0 Å². The van der Waals surface area contributed by atoms with Gasteiger partial charge < -0.3 is 10.6 Å². The van der Waals surface area contributed by atoms with Gasteiger partial charge in [-0.2, -0.15) is 0 Å². The Hall–Kier alpha value is -0.0800. The van der Waals surface area contributed by atoms with E-state index >= 15 is 0 Å². The first-order chi connectivity index (χ1) is 4.35. The Morgan fingerprint density at radius 3 is 2.78 bits per heavy atom. The van der Waals surface area contributed by atoms with Crippen LogP contribution in [-0.2, 0) is 0 Å². The second kappa shape index (κ2) is 1.70. The fraction of sp³-hybridized carbons (Fsp3) is 0.857. The topological polar surface area (TPSA) is 24.1 Å². The second-order valence-electron chi connectivity index (χ2n) is 3.11. The van der Waals surface area contributed by atoms with E-state index in [9.17, 15) is 0 Å². The number of nitrogens with one attached hydrogen (secondary N) is 2. The highest BCUT2D eigenvalue weighted by molar-refractivity contribution is 5.13. The molecule has 0 spiro atoms. The van der Waals surface area contributed by atoms with E-state index in [4.69, 9.17) is 0 Å². The summed E-state index contributed by atoms with van der Waals surface area (Å²) in [6.45, 7) is 4.43. The molecule has 0 aromatic carbocycles. The van der Waals surface area contributed by atoms with Crippen molar-refractivity contribution in [3.05, 3.63) is 6.42 Å². The molecule has 2 aliphatic rings. The third-order valence-corrected chi connectivity index (χ3v) is 2.57. The van der Waals surface area contributed by atoms with Crippen LogP contribution in [0, 0.1) is 6.42 Å². The number of hydrogen-bond donors (Lipinski definition) is 2. The molecule has 0 saturated carbocycles. The Balaban J connectivity index is 2.13. The SMILES string of the molecule is C[CH]C12CNC(CN1)C2. The maximum Gasteiger partial charge on any atom is 0.0351 e. The van der Waals surface area contributed by atoms with Crippen molar-refractivity contribution in [1.29, 1.82) is 0 Å². The zero-order chi connectivity index (χ0) is 6.32. The lowest BCUT2D eigenvalue weighted by Gasteiger charge is -2.25. The molecule has 2 fully saturated rings. The summed E-state index contributed by atoms with van der Waals surface area (Å²) in [5.41, 5.74) is 0.366. The van der Waals surface area contributed by atoms with Gasteiger partial charge in [0.05, 0.1) is 0 Å². The van der Waals surface area contributed by atoms with Crippen LogP contribution in [0.25, 0.3) is 0 Å². The molecule has 0 amide bonds. The van der Waals surface area contributed by atoms with Crippen molar-refractivity contribution in [2.24, 2.45) is 0 Å². The van der Waals surface area contributed by atoms with Crippen molar-refractivity contribution < 1.29 is 0 Å². The maximum atomic E-state index is 3.50. The van der Waals surface area contributed by atoms with E-state index in [0.29, 0.717) is 5.54 Å². The quantitative estimate of drug-likeness (QED) is 0.512. The molecule has 0 aromatic rings. The van der Waals surface area contributed by atoms with Gasteiger partial charge in [-0.15, -0.1) is 0 Å². The average molecular weight is 125 g/mol. The minimum atomic E-state index is 0.366. The predicted octanol–water partition coefficient (Wildman–Crippen LogP) is -0.0855. The molecule has 2 bridgehead atoms. The highest BCUT2D eigenvalue weighted by Crippen LogP contribution is 2.27. The minimum absolute atomic E-state index is 0.366. The van der Waals surface area contributed by atoms with Crippen LogP contribution in [0.3, 0.4) is 0 Å². The zero-order valence-corrected chi connectivity index (χ0v) is 5.78. The van der Waals surface area contributed by atoms with E-state index in [1.54, 1.807) is 0 Å². The summed E-state index contributed by atoms with van der Waals surface area (Å²) in [4.78, 5) is 0. The summed E-state index contributed by atoms with van der Waals surface area (Å²) < 4.78 is 0. The molecule has 2 heteroatoms.